The lowest BCUT2D eigenvalue weighted by atomic mass is 9.98. The first kappa shape index (κ1) is 14.4. The van der Waals surface area contributed by atoms with E-state index in [4.69, 9.17) is 23.2 Å². The molecule has 0 fully saturated rings. The van der Waals surface area contributed by atoms with E-state index in [-0.39, 0.29) is 5.82 Å². The Morgan fingerprint density at radius 3 is 2.58 bits per heavy atom. The summed E-state index contributed by atoms with van der Waals surface area (Å²) in [6.45, 7) is 4.06. The van der Waals surface area contributed by atoms with E-state index in [0.717, 1.165) is 11.1 Å². The molecule has 0 N–H and O–H groups in total. The molecule has 2 aromatic carbocycles. The van der Waals surface area contributed by atoms with Crippen molar-refractivity contribution in [1.29, 1.82) is 0 Å². The van der Waals surface area contributed by atoms with Crippen molar-refractivity contribution in [3.05, 3.63) is 69.5 Å². The second-order valence-corrected chi connectivity index (χ2v) is 5.67. The van der Waals surface area contributed by atoms with E-state index in [1.165, 1.54) is 11.6 Å². The van der Waals surface area contributed by atoms with Crippen LogP contribution in [0.5, 0.6) is 0 Å². The molecule has 0 bridgehead atoms. The van der Waals surface area contributed by atoms with Crippen molar-refractivity contribution in [2.75, 3.05) is 0 Å². The summed E-state index contributed by atoms with van der Waals surface area (Å²) < 4.78 is 13.8. The number of aryl methyl sites for hydroxylation is 2. The summed E-state index contributed by atoms with van der Waals surface area (Å²) in [6.07, 6.45) is 0.565. The Labute approximate surface area is 123 Å². The zero-order valence-electron chi connectivity index (χ0n) is 10.9. The molecule has 0 aliphatic heterocycles. The maximum atomic E-state index is 13.8. The Morgan fingerprint density at radius 1 is 1.16 bits per heavy atom. The average Bonchev–Trinajstić information content (AvgIpc) is 2.33. The van der Waals surface area contributed by atoms with Gasteiger partial charge in [0.1, 0.15) is 5.82 Å². The van der Waals surface area contributed by atoms with Crippen LogP contribution in [0, 0.1) is 19.7 Å². The van der Waals surface area contributed by atoms with Gasteiger partial charge in [0.15, 0.2) is 0 Å². The lowest BCUT2D eigenvalue weighted by molar-refractivity contribution is 0.606. The summed E-state index contributed by atoms with van der Waals surface area (Å²) in [5.74, 6) is -0.349. The highest BCUT2D eigenvalue weighted by molar-refractivity contribution is 6.32. The quantitative estimate of drug-likeness (QED) is 0.645. The molecule has 0 nitrogen and oxygen atoms in total. The first-order valence-electron chi connectivity index (χ1n) is 6.13. The minimum absolute atomic E-state index is 0.349. The molecular formula is C16H15Cl2F. The molecule has 0 aliphatic carbocycles. The van der Waals surface area contributed by atoms with Crippen LogP contribution in [-0.2, 0) is 6.42 Å². The summed E-state index contributed by atoms with van der Waals surface area (Å²) >= 11 is 12.4. The maximum Gasteiger partial charge on any atom is 0.129 e. The highest BCUT2D eigenvalue weighted by Crippen LogP contribution is 2.33. The summed E-state index contributed by atoms with van der Waals surface area (Å²) in [7, 11) is 0. The molecule has 0 aromatic heterocycles. The number of benzene rings is 2. The van der Waals surface area contributed by atoms with Crippen molar-refractivity contribution < 1.29 is 4.39 Å². The molecule has 0 saturated carbocycles. The largest absolute Gasteiger partial charge is 0.207 e. The first-order chi connectivity index (χ1) is 8.99. The van der Waals surface area contributed by atoms with Gasteiger partial charge in [-0.15, -0.1) is 11.6 Å². The molecular weight excluding hydrogens is 282 g/mol. The summed E-state index contributed by atoms with van der Waals surface area (Å²) in [4.78, 5) is 0. The van der Waals surface area contributed by atoms with Crippen molar-refractivity contribution in [2.45, 2.75) is 25.6 Å². The average molecular weight is 297 g/mol. The summed E-state index contributed by atoms with van der Waals surface area (Å²) in [5, 5.41) is -0.0838. The van der Waals surface area contributed by atoms with Crippen LogP contribution in [0.25, 0.3) is 0 Å². The molecule has 0 aliphatic rings. The minimum Gasteiger partial charge on any atom is -0.207 e. The molecule has 19 heavy (non-hydrogen) atoms. The highest BCUT2D eigenvalue weighted by Gasteiger charge is 2.18. The van der Waals surface area contributed by atoms with Gasteiger partial charge in [-0.05, 0) is 43.5 Å². The summed E-state index contributed by atoms with van der Waals surface area (Å²) in [5.41, 5.74) is 3.83. The van der Waals surface area contributed by atoms with Gasteiger partial charge in [-0.25, -0.2) is 4.39 Å². The fourth-order valence-electron chi connectivity index (χ4n) is 2.13. The smallest absolute Gasteiger partial charge is 0.129 e. The van der Waals surface area contributed by atoms with E-state index in [9.17, 15) is 4.39 Å². The van der Waals surface area contributed by atoms with Crippen LogP contribution in [0.4, 0.5) is 4.39 Å². The van der Waals surface area contributed by atoms with E-state index < -0.39 is 5.38 Å². The molecule has 2 aromatic rings. The normalized spacial score (nSPS) is 12.5. The van der Waals surface area contributed by atoms with Crippen LogP contribution in [0.15, 0.2) is 36.4 Å². The standard InChI is InChI=1S/C16H15Cl2F/c1-10-6-7-11(2)12(8-10)9-14(18)16-13(17)4-3-5-15(16)19/h3-8,14H,9H2,1-2H3. The zero-order valence-corrected chi connectivity index (χ0v) is 12.4. The van der Waals surface area contributed by atoms with Crippen LogP contribution in [0.2, 0.25) is 5.02 Å². The number of hydrogen-bond acceptors (Lipinski definition) is 0. The highest BCUT2D eigenvalue weighted by atomic mass is 35.5. The van der Waals surface area contributed by atoms with Crippen LogP contribution < -0.4 is 0 Å². The first-order valence-corrected chi connectivity index (χ1v) is 6.94. The third-order valence-electron chi connectivity index (χ3n) is 3.22. The Morgan fingerprint density at radius 2 is 1.89 bits per heavy atom. The number of halogens is 3. The van der Waals surface area contributed by atoms with E-state index >= 15 is 0 Å². The second-order valence-electron chi connectivity index (χ2n) is 4.74. The Kier molecular flexibility index (Phi) is 4.49. The molecule has 0 heterocycles. The monoisotopic (exact) mass is 296 g/mol. The zero-order chi connectivity index (χ0) is 14.0. The maximum absolute atomic E-state index is 13.8. The number of alkyl halides is 1. The van der Waals surface area contributed by atoms with E-state index in [0.29, 0.717) is 17.0 Å². The third-order valence-corrected chi connectivity index (χ3v) is 3.92. The molecule has 3 heteroatoms. The second kappa shape index (κ2) is 5.94. The SMILES string of the molecule is Cc1ccc(C)c(CC(Cl)c2c(F)cccc2Cl)c1. The van der Waals surface area contributed by atoms with Crippen molar-refractivity contribution in [2.24, 2.45) is 0 Å². The Bertz CT molecular complexity index is 573. The number of hydrogen-bond donors (Lipinski definition) is 0. The molecule has 2 rings (SSSR count). The van der Waals surface area contributed by atoms with Crippen molar-refractivity contribution in [3.63, 3.8) is 0 Å². The fourth-order valence-corrected chi connectivity index (χ4v) is 2.86. The van der Waals surface area contributed by atoms with Gasteiger partial charge in [0.2, 0.25) is 0 Å². The van der Waals surface area contributed by atoms with E-state index in [1.54, 1.807) is 12.1 Å². The Balaban J connectivity index is 2.31. The molecule has 0 saturated heterocycles. The molecule has 1 atom stereocenters. The van der Waals surface area contributed by atoms with Gasteiger partial charge in [0.05, 0.1) is 5.38 Å². The third kappa shape index (κ3) is 3.29. The van der Waals surface area contributed by atoms with Crippen LogP contribution >= 0.6 is 23.2 Å². The van der Waals surface area contributed by atoms with Gasteiger partial charge in [-0.2, -0.15) is 0 Å². The molecule has 0 amide bonds. The van der Waals surface area contributed by atoms with E-state index in [2.05, 4.69) is 18.2 Å². The molecule has 100 valence electrons. The van der Waals surface area contributed by atoms with E-state index in [1.807, 2.05) is 13.8 Å². The Hall–Kier alpha value is -1.05. The van der Waals surface area contributed by atoms with Gasteiger partial charge in [-0.3, -0.25) is 0 Å². The molecule has 0 spiro atoms. The predicted molar refractivity (Wildman–Crippen MR) is 79.6 cm³/mol. The van der Waals surface area contributed by atoms with Crippen molar-refractivity contribution in [1.82, 2.24) is 0 Å². The van der Waals surface area contributed by atoms with Crippen molar-refractivity contribution in [3.8, 4) is 0 Å². The lowest BCUT2D eigenvalue weighted by Gasteiger charge is -2.14. The predicted octanol–water partition coefficient (Wildman–Crippen LogP) is 5.62. The van der Waals surface area contributed by atoms with Crippen LogP contribution in [-0.4, -0.2) is 0 Å². The van der Waals surface area contributed by atoms with Gasteiger partial charge in [0, 0.05) is 10.6 Å². The van der Waals surface area contributed by atoms with Gasteiger partial charge in [0.25, 0.3) is 0 Å². The minimum atomic E-state index is -0.464. The van der Waals surface area contributed by atoms with Gasteiger partial charge >= 0.3 is 0 Å². The van der Waals surface area contributed by atoms with Crippen LogP contribution in [0.1, 0.15) is 27.6 Å². The number of rotatable bonds is 3. The van der Waals surface area contributed by atoms with Crippen LogP contribution in [0.3, 0.4) is 0 Å². The van der Waals surface area contributed by atoms with Gasteiger partial charge in [-0.1, -0.05) is 41.4 Å². The van der Waals surface area contributed by atoms with Gasteiger partial charge < -0.3 is 0 Å². The molecule has 1 unspecified atom stereocenters. The molecule has 0 radical (unpaired) electrons. The fraction of sp³-hybridized carbons (Fsp3) is 0.250. The summed E-state index contributed by atoms with van der Waals surface area (Å²) in [6, 6.07) is 10.8. The topological polar surface area (TPSA) is 0 Å². The van der Waals surface area contributed by atoms with Crippen molar-refractivity contribution >= 4 is 23.2 Å². The lowest BCUT2D eigenvalue weighted by Crippen LogP contribution is -2.02.